The van der Waals surface area contributed by atoms with Gasteiger partial charge in [0.2, 0.25) is 0 Å². The fourth-order valence-electron chi connectivity index (χ4n) is 3.50. The molecule has 0 unspecified atom stereocenters. The monoisotopic (exact) mass is 390 g/mol. The molecular weight excluding hydrogens is 376 g/mol. The molecule has 0 aliphatic rings. The van der Waals surface area contributed by atoms with E-state index in [0.29, 0.717) is 22.7 Å². The first-order chi connectivity index (χ1) is 13.6. The lowest BCUT2D eigenvalue weighted by atomic mass is 10.2. The third kappa shape index (κ3) is 2.70. The van der Waals surface area contributed by atoms with E-state index in [1.54, 1.807) is 35.2 Å². The molecule has 138 valence electrons. The van der Waals surface area contributed by atoms with Crippen LogP contribution in [-0.2, 0) is 6.54 Å². The summed E-state index contributed by atoms with van der Waals surface area (Å²) in [4.78, 5) is 20.9. The van der Waals surface area contributed by atoms with Crippen molar-refractivity contribution in [1.82, 2.24) is 19.1 Å². The number of hydrogen-bond acceptors (Lipinski definition) is 4. The number of halogens is 1. The van der Waals surface area contributed by atoms with Crippen molar-refractivity contribution >= 4 is 33.7 Å². The minimum Gasteiger partial charge on any atom is -0.408 e. The largest absolute Gasteiger partial charge is 0.420 e. The summed E-state index contributed by atoms with van der Waals surface area (Å²) in [5.41, 5.74) is 5.06. The first kappa shape index (κ1) is 16.8. The maximum atomic E-state index is 12.2. The maximum Gasteiger partial charge on any atom is 0.420 e. The Kier molecular flexibility index (Phi) is 3.80. The summed E-state index contributed by atoms with van der Waals surface area (Å²) >= 11 is 6.07. The first-order valence-electron chi connectivity index (χ1n) is 8.77. The summed E-state index contributed by atoms with van der Waals surface area (Å²) in [7, 11) is 0. The van der Waals surface area contributed by atoms with Gasteiger partial charge in [-0.3, -0.25) is 14.1 Å². The second-order valence-electron chi connectivity index (χ2n) is 6.59. The number of aromatic nitrogens is 4. The quantitative estimate of drug-likeness (QED) is 0.459. The van der Waals surface area contributed by atoms with E-state index in [0.717, 1.165) is 28.1 Å². The lowest BCUT2D eigenvalue weighted by Gasteiger charge is -2.09. The zero-order chi connectivity index (χ0) is 19.3. The Bertz CT molecular complexity index is 1380. The van der Waals surface area contributed by atoms with E-state index in [-0.39, 0.29) is 0 Å². The molecule has 0 saturated heterocycles. The van der Waals surface area contributed by atoms with Gasteiger partial charge in [0.1, 0.15) is 11.3 Å². The molecule has 6 nitrogen and oxygen atoms in total. The number of fused-ring (bicyclic) bond motifs is 2. The fourth-order valence-corrected chi connectivity index (χ4v) is 3.66. The van der Waals surface area contributed by atoms with Crippen LogP contribution < -0.4 is 5.76 Å². The van der Waals surface area contributed by atoms with Gasteiger partial charge in [-0.05, 0) is 48.9 Å². The molecule has 0 bridgehead atoms. The predicted octanol–water partition coefficient (Wildman–Crippen LogP) is 4.34. The lowest BCUT2D eigenvalue weighted by molar-refractivity contribution is 0.517. The SMILES string of the molecule is Cc1nc2cnccc2n1-c1ccc(Cn2c(=O)oc3ccc(Cl)cc32)cc1. The van der Waals surface area contributed by atoms with Crippen molar-refractivity contribution in [3.8, 4) is 5.69 Å². The molecule has 0 N–H and O–H groups in total. The van der Waals surface area contributed by atoms with Crippen LogP contribution in [0.15, 0.2) is 70.1 Å². The maximum absolute atomic E-state index is 12.2. The first-order valence-corrected chi connectivity index (χ1v) is 9.15. The second kappa shape index (κ2) is 6.35. The summed E-state index contributed by atoms with van der Waals surface area (Å²) in [6.45, 7) is 2.37. The van der Waals surface area contributed by atoms with Gasteiger partial charge in [0, 0.05) is 16.9 Å². The van der Waals surface area contributed by atoms with Crippen LogP contribution in [0.5, 0.6) is 0 Å². The third-order valence-electron chi connectivity index (χ3n) is 4.79. The van der Waals surface area contributed by atoms with E-state index < -0.39 is 5.76 Å². The summed E-state index contributed by atoms with van der Waals surface area (Å²) in [5, 5.41) is 0.564. The average Bonchev–Trinajstić information content (AvgIpc) is 3.18. The van der Waals surface area contributed by atoms with Gasteiger partial charge in [-0.2, -0.15) is 0 Å². The van der Waals surface area contributed by atoms with Crippen LogP contribution in [0.1, 0.15) is 11.4 Å². The Morgan fingerprint density at radius 2 is 1.89 bits per heavy atom. The van der Waals surface area contributed by atoms with E-state index in [4.69, 9.17) is 16.0 Å². The number of nitrogens with zero attached hydrogens (tertiary/aromatic N) is 4. The van der Waals surface area contributed by atoms with Crippen molar-refractivity contribution in [2.24, 2.45) is 0 Å². The van der Waals surface area contributed by atoms with E-state index in [9.17, 15) is 4.79 Å². The summed E-state index contributed by atoms with van der Waals surface area (Å²) < 4.78 is 8.97. The number of imidazole rings is 1. The van der Waals surface area contributed by atoms with Crippen LogP contribution in [-0.4, -0.2) is 19.1 Å². The second-order valence-corrected chi connectivity index (χ2v) is 7.03. The number of aryl methyl sites for hydroxylation is 1. The molecule has 3 aromatic heterocycles. The number of pyridine rings is 1. The van der Waals surface area contributed by atoms with Crippen molar-refractivity contribution < 1.29 is 4.42 Å². The van der Waals surface area contributed by atoms with Gasteiger partial charge in [-0.1, -0.05) is 23.7 Å². The highest BCUT2D eigenvalue weighted by Gasteiger charge is 2.12. The standard InChI is InChI=1S/C21H15ClN4O2/c1-13-24-17-11-23-9-8-18(17)26(13)16-5-2-14(3-6-16)12-25-19-10-15(22)4-7-20(19)28-21(25)27/h2-11H,12H2,1H3. The van der Waals surface area contributed by atoms with Crippen molar-refractivity contribution in [1.29, 1.82) is 0 Å². The van der Waals surface area contributed by atoms with E-state index in [1.807, 2.05) is 37.3 Å². The van der Waals surface area contributed by atoms with Crippen LogP contribution in [0, 0.1) is 6.92 Å². The molecule has 0 fully saturated rings. The predicted molar refractivity (Wildman–Crippen MR) is 108 cm³/mol. The van der Waals surface area contributed by atoms with Gasteiger partial charge >= 0.3 is 5.76 Å². The Morgan fingerprint density at radius 1 is 1.07 bits per heavy atom. The van der Waals surface area contributed by atoms with Crippen LogP contribution in [0.2, 0.25) is 5.02 Å². The molecule has 0 radical (unpaired) electrons. The van der Waals surface area contributed by atoms with Crippen molar-refractivity contribution in [3.05, 3.63) is 87.9 Å². The Morgan fingerprint density at radius 3 is 2.71 bits per heavy atom. The van der Waals surface area contributed by atoms with Crippen molar-refractivity contribution in [2.75, 3.05) is 0 Å². The summed E-state index contributed by atoms with van der Waals surface area (Å²) in [5.74, 6) is 0.493. The average molecular weight is 391 g/mol. The summed E-state index contributed by atoms with van der Waals surface area (Å²) in [6, 6.07) is 15.1. The van der Waals surface area contributed by atoms with Gasteiger partial charge in [-0.15, -0.1) is 0 Å². The minimum atomic E-state index is -0.398. The molecule has 28 heavy (non-hydrogen) atoms. The number of rotatable bonds is 3. The molecule has 0 amide bonds. The van der Waals surface area contributed by atoms with Gasteiger partial charge in [0.05, 0.1) is 23.8 Å². The smallest absolute Gasteiger partial charge is 0.408 e. The summed E-state index contributed by atoms with van der Waals surface area (Å²) in [6.07, 6.45) is 3.52. The van der Waals surface area contributed by atoms with Gasteiger partial charge in [0.25, 0.3) is 0 Å². The molecule has 7 heteroatoms. The molecular formula is C21H15ClN4O2. The molecule has 0 aliphatic heterocycles. The number of oxazole rings is 1. The van der Waals surface area contributed by atoms with Crippen LogP contribution in [0.3, 0.4) is 0 Å². The van der Waals surface area contributed by atoms with E-state index in [1.165, 1.54) is 0 Å². The Hall–Kier alpha value is -3.38. The normalized spacial score (nSPS) is 11.5. The van der Waals surface area contributed by atoms with Crippen molar-refractivity contribution in [3.63, 3.8) is 0 Å². The van der Waals surface area contributed by atoms with Gasteiger partial charge in [0.15, 0.2) is 5.58 Å². The Labute approximate surface area is 164 Å². The van der Waals surface area contributed by atoms with Crippen molar-refractivity contribution in [2.45, 2.75) is 13.5 Å². The number of hydrogen-bond donors (Lipinski definition) is 0. The molecule has 0 atom stereocenters. The third-order valence-corrected chi connectivity index (χ3v) is 5.02. The topological polar surface area (TPSA) is 65.8 Å². The molecule has 0 saturated carbocycles. The van der Waals surface area contributed by atoms with Crippen LogP contribution in [0.25, 0.3) is 27.8 Å². The fraction of sp³-hybridized carbons (Fsp3) is 0.0952. The number of benzene rings is 2. The van der Waals surface area contributed by atoms with Crippen LogP contribution >= 0.6 is 11.6 Å². The van der Waals surface area contributed by atoms with Crippen LogP contribution in [0.4, 0.5) is 0 Å². The zero-order valence-corrected chi connectivity index (χ0v) is 15.7. The highest BCUT2D eigenvalue weighted by atomic mass is 35.5. The lowest BCUT2D eigenvalue weighted by Crippen LogP contribution is -2.14. The van der Waals surface area contributed by atoms with Gasteiger partial charge in [-0.25, -0.2) is 9.78 Å². The Balaban J connectivity index is 1.53. The highest BCUT2D eigenvalue weighted by Crippen LogP contribution is 2.22. The minimum absolute atomic E-state index is 0.398. The molecule has 2 aromatic carbocycles. The molecule has 0 spiro atoms. The molecule has 0 aliphatic carbocycles. The van der Waals surface area contributed by atoms with E-state index in [2.05, 4.69) is 14.5 Å². The molecule has 3 heterocycles. The zero-order valence-electron chi connectivity index (χ0n) is 15.0. The van der Waals surface area contributed by atoms with Gasteiger partial charge < -0.3 is 4.42 Å². The highest BCUT2D eigenvalue weighted by molar-refractivity contribution is 6.31. The van der Waals surface area contributed by atoms with E-state index >= 15 is 0 Å². The molecule has 5 rings (SSSR count). The molecule has 5 aromatic rings.